The van der Waals surface area contributed by atoms with E-state index in [2.05, 4.69) is 41.1 Å². The Morgan fingerprint density at radius 2 is 2.00 bits per heavy atom. The van der Waals surface area contributed by atoms with Crippen LogP contribution >= 0.6 is 0 Å². The summed E-state index contributed by atoms with van der Waals surface area (Å²) in [6.45, 7) is 6.17. The van der Waals surface area contributed by atoms with Crippen molar-refractivity contribution >= 4 is 31.0 Å². The molecule has 3 aromatic rings. The third-order valence-electron chi connectivity index (χ3n) is 4.47. The lowest BCUT2D eigenvalue weighted by atomic mass is 9.99. The summed E-state index contributed by atoms with van der Waals surface area (Å²) in [5.41, 5.74) is 4.96. The fourth-order valence-corrected chi connectivity index (χ4v) is 3.34. The zero-order chi connectivity index (χ0) is 23.3. The first-order chi connectivity index (χ1) is 15.2. The monoisotopic (exact) mass is 452 g/mol. The number of rotatable bonds is 6. The molecular formula is C23H24N2O6Si. The van der Waals surface area contributed by atoms with Gasteiger partial charge in [-0.15, -0.1) is 5.54 Å². The molecule has 1 atom stereocenters. The van der Waals surface area contributed by atoms with Gasteiger partial charge in [0.05, 0.1) is 49.1 Å². The van der Waals surface area contributed by atoms with Crippen molar-refractivity contribution in [2.24, 2.45) is 0 Å². The Morgan fingerprint density at radius 1 is 1.22 bits per heavy atom. The van der Waals surface area contributed by atoms with Gasteiger partial charge >= 0.3 is 11.9 Å². The molecule has 0 bridgehead atoms. The topological polar surface area (TPSA) is 112 Å². The Kier molecular flexibility index (Phi) is 6.95. The van der Waals surface area contributed by atoms with Crippen molar-refractivity contribution in [3.05, 3.63) is 53.8 Å². The van der Waals surface area contributed by atoms with E-state index >= 15 is 0 Å². The molecule has 0 amide bonds. The number of furan rings is 1. The molecule has 166 valence electrons. The fraction of sp³-hybridized carbons (Fsp3) is 0.304. The molecule has 0 aliphatic rings. The van der Waals surface area contributed by atoms with Crippen LogP contribution in [0.15, 0.2) is 41.3 Å². The number of pyridine rings is 2. The van der Waals surface area contributed by atoms with E-state index in [0.717, 1.165) is 5.39 Å². The number of nitrogens with zero attached hydrogens (tertiary/aromatic N) is 2. The molecule has 32 heavy (non-hydrogen) atoms. The molecule has 0 fully saturated rings. The second kappa shape index (κ2) is 9.66. The van der Waals surface area contributed by atoms with Crippen LogP contribution in [0.4, 0.5) is 0 Å². The average Bonchev–Trinajstić information content (AvgIpc) is 3.22. The molecule has 0 aliphatic carbocycles. The number of fused-ring (bicyclic) bond motifs is 1. The number of aromatic nitrogens is 2. The summed E-state index contributed by atoms with van der Waals surface area (Å²) in [6.07, 6.45) is 4.05. The van der Waals surface area contributed by atoms with Gasteiger partial charge in [0, 0.05) is 5.39 Å². The third kappa shape index (κ3) is 5.95. The van der Waals surface area contributed by atoms with Crippen LogP contribution in [0.2, 0.25) is 19.6 Å². The van der Waals surface area contributed by atoms with Crippen molar-refractivity contribution in [1.82, 2.24) is 9.97 Å². The summed E-state index contributed by atoms with van der Waals surface area (Å²) in [5.74, 6) is 0.619. The maximum absolute atomic E-state index is 12.5. The van der Waals surface area contributed by atoms with E-state index in [1.165, 1.54) is 19.4 Å². The van der Waals surface area contributed by atoms with E-state index < -0.39 is 25.9 Å². The first-order valence-corrected chi connectivity index (χ1v) is 13.4. The zero-order valence-corrected chi connectivity index (χ0v) is 19.3. The largest absolute Gasteiger partial charge is 0.505 e. The molecule has 0 aliphatic heterocycles. The number of hydrogen-bond donors (Lipinski definition) is 1. The highest BCUT2D eigenvalue weighted by Gasteiger charge is 2.27. The van der Waals surface area contributed by atoms with Crippen LogP contribution in [-0.4, -0.2) is 42.2 Å². The Morgan fingerprint density at radius 3 is 2.72 bits per heavy atom. The summed E-state index contributed by atoms with van der Waals surface area (Å²) in [4.78, 5) is 33.1. The van der Waals surface area contributed by atoms with E-state index in [1.807, 2.05) is 0 Å². The van der Waals surface area contributed by atoms with Gasteiger partial charge in [-0.3, -0.25) is 19.6 Å². The van der Waals surface area contributed by atoms with Crippen LogP contribution in [-0.2, 0) is 25.7 Å². The van der Waals surface area contributed by atoms with Crippen molar-refractivity contribution < 1.29 is 28.6 Å². The molecule has 0 radical (unpaired) electrons. The predicted octanol–water partition coefficient (Wildman–Crippen LogP) is 3.55. The molecule has 0 aromatic carbocycles. The van der Waals surface area contributed by atoms with E-state index in [0.29, 0.717) is 16.8 Å². The molecule has 1 unspecified atom stereocenters. The minimum atomic E-state index is -1.69. The summed E-state index contributed by atoms with van der Waals surface area (Å²) < 4.78 is 15.4. The Balaban J connectivity index is 1.75. The number of methoxy groups -OCH3 is 1. The maximum Gasteiger partial charge on any atom is 0.315 e. The Labute approximate surface area is 186 Å². The van der Waals surface area contributed by atoms with Gasteiger partial charge in [0.2, 0.25) is 0 Å². The number of carbonyl (C=O) groups is 2. The average molecular weight is 453 g/mol. The highest BCUT2D eigenvalue weighted by Crippen LogP contribution is 2.25. The summed E-state index contributed by atoms with van der Waals surface area (Å²) >= 11 is 0. The molecule has 0 spiro atoms. The van der Waals surface area contributed by atoms with Crippen molar-refractivity contribution in [2.45, 2.75) is 38.6 Å². The fourth-order valence-electron chi connectivity index (χ4n) is 2.83. The van der Waals surface area contributed by atoms with Crippen LogP contribution in [0.3, 0.4) is 0 Å². The number of hydrogen-bond acceptors (Lipinski definition) is 8. The molecule has 0 saturated heterocycles. The Bertz CT molecular complexity index is 1200. The first-order valence-electron chi connectivity index (χ1n) is 9.94. The molecular weight excluding hydrogens is 428 g/mol. The molecule has 9 heteroatoms. The first kappa shape index (κ1) is 23.0. The van der Waals surface area contributed by atoms with Gasteiger partial charge in [0.25, 0.3) is 0 Å². The van der Waals surface area contributed by atoms with Gasteiger partial charge < -0.3 is 19.0 Å². The van der Waals surface area contributed by atoms with Crippen LogP contribution in [0.5, 0.6) is 5.75 Å². The number of ether oxygens (including phenoxy) is 2. The quantitative estimate of drug-likeness (QED) is 0.343. The van der Waals surface area contributed by atoms with Crippen molar-refractivity contribution in [3.63, 3.8) is 0 Å². The highest BCUT2D eigenvalue weighted by atomic mass is 28.3. The number of esters is 2. The summed E-state index contributed by atoms with van der Waals surface area (Å²) in [6, 6.07) is 5.05. The molecule has 8 nitrogen and oxygen atoms in total. The standard InChI is InChI=1S/C23H24N2O6Si/c1-29-23(28)18(19-10-15(20(26)12-25-19)6-8-32(2,3)4)11-22(27)31-14-17-9-16-5-7-30-21(16)13-24-17/h5,7,9-10,12-13,18,26H,11,14H2,1-4H3. The third-order valence-corrected chi connectivity index (χ3v) is 5.34. The smallest absolute Gasteiger partial charge is 0.315 e. The SMILES string of the molecule is COC(=O)C(CC(=O)OCc1cc2ccoc2cn1)c1cc(C#C[Si](C)(C)C)c(O)cn1. The van der Waals surface area contributed by atoms with Crippen LogP contribution in [0, 0.1) is 11.5 Å². The number of aromatic hydroxyl groups is 1. The number of carbonyl (C=O) groups excluding carboxylic acids is 2. The summed E-state index contributed by atoms with van der Waals surface area (Å²) in [7, 11) is -0.455. The normalized spacial score (nSPS) is 12.0. The van der Waals surface area contributed by atoms with Gasteiger partial charge in [0.1, 0.15) is 26.3 Å². The molecule has 3 rings (SSSR count). The summed E-state index contributed by atoms with van der Waals surface area (Å²) in [5, 5.41) is 10.9. The van der Waals surface area contributed by atoms with E-state index in [-0.39, 0.29) is 24.5 Å². The van der Waals surface area contributed by atoms with Crippen LogP contribution in [0.1, 0.15) is 29.3 Å². The van der Waals surface area contributed by atoms with Crippen molar-refractivity contribution in [1.29, 1.82) is 0 Å². The van der Waals surface area contributed by atoms with Gasteiger partial charge in [-0.25, -0.2) is 0 Å². The van der Waals surface area contributed by atoms with Gasteiger partial charge in [0.15, 0.2) is 5.58 Å². The zero-order valence-electron chi connectivity index (χ0n) is 18.3. The molecule has 3 heterocycles. The van der Waals surface area contributed by atoms with Crippen LogP contribution < -0.4 is 0 Å². The molecule has 3 aromatic heterocycles. The predicted molar refractivity (Wildman–Crippen MR) is 119 cm³/mol. The molecule has 0 saturated carbocycles. The molecule has 1 N–H and O–H groups in total. The minimum absolute atomic E-state index is 0.0518. The van der Waals surface area contributed by atoms with Gasteiger partial charge in [-0.05, 0) is 18.2 Å². The van der Waals surface area contributed by atoms with Gasteiger partial charge in [-0.2, -0.15) is 0 Å². The van der Waals surface area contributed by atoms with Crippen molar-refractivity contribution in [2.75, 3.05) is 7.11 Å². The van der Waals surface area contributed by atoms with Gasteiger partial charge in [-0.1, -0.05) is 25.6 Å². The lowest BCUT2D eigenvalue weighted by Crippen LogP contribution is -2.20. The Hall–Kier alpha value is -3.64. The minimum Gasteiger partial charge on any atom is -0.505 e. The maximum atomic E-state index is 12.5. The van der Waals surface area contributed by atoms with Crippen LogP contribution in [0.25, 0.3) is 11.0 Å². The van der Waals surface area contributed by atoms with E-state index in [9.17, 15) is 14.7 Å². The lowest BCUT2D eigenvalue weighted by Gasteiger charge is -2.14. The second-order valence-electron chi connectivity index (χ2n) is 8.20. The van der Waals surface area contributed by atoms with Crippen molar-refractivity contribution in [3.8, 4) is 17.2 Å². The highest BCUT2D eigenvalue weighted by molar-refractivity contribution is 6.83. The lowest BCUT2D eigenvalue weighted by molar-refractivity contribution is -0.151. The van der Waals surface area contributed by atoms with E-state index in [1.54, 1.807) is 24.6 Å². The second-order valence-corrected chi connectivity index (χ2v) is 13.0. The van der Waals surface area contributed by atoms with E-state index in [4.69, 9.17) is 13.9 Å².